The Morgan fingerprint density at radius 3 is 2.85 bits per heavy atom. The molecule has 0 radical (unpaired) electrons. The smallest absolute Gasteiger partial charge is 0.329 e. The number of phenolic OH excluding ortho intramolecular Hbond substituents is 1. The summed E-state index contributed by atoms with van der Waals surface area (Å²) in [4.78, 5) is 30.5. The van der Waals surface area contributed by atoms with Crippen LogP contribution in [0.15, 0.2) is 32.9 Å². The monoisotopic (exact) mass is 372 g/mol. The summed E-state index contributed by atoms with van der Waals surface area (Å²) in [6, 6.07) is 4.85. The van der Waals surface area contributed by atoms with Crippen molar-refractivity contribution in [1.29, 1.82) is 0 Å². The lowest BCUT2D eigenvalue weighted by molar-refractivity contribution is 0.318. The van der Waals surface area contributed by atoms with Crippen LogP contribution in [0.25, 0.3) is 11.2 Å². The molecule has 0 atom stereocenters. The minimum absolute atomic E-state index is 0.0508. The van der Waals surface area contributed by atoms with Crippen molar-refractivity contribution in [3.63, 3.8) is 0 Å². The Balaban J connectivity index is 1.93. The van der Waals surface area contributed by atoms with Crippen LogP contribution in [0.5, 0.6) is 11.5 Å². The molecule has 0 unspecified atom stereocenters. The predicted molar refractivity (Wildman–Crippen MR) is 102 cm³/mol. The van der Waals surface area contributed by atoms with Crippen LogP contribution >= 0.6 is 0 Å². The van der Waals surface area contributed by atoms with Gasteiger partial charge in [0.1, 0.15) is 0 Å². The van der Waals surface area contributed by atoms with Crippen molar-refractivity contribution in [2.45, 2.75) is 20.4 Å². The van der Waals surface area contributed by atoms with E-state index in [9.17, 15) is 14.7 Å². The molecule has 3 aromatic rings. The van der Waals surface area contributed by atoms with Gasteiger partial charge < -0.3 is 14.4 Å². The Kier molecular flexibility index (Phi) is 4.97. The summed E-state index contributed by atoms with van der Waals surface area (Å²) in [5, 5.41) is 13.9. The maximum absolute atomic E-state index is 12.1. The van der Waals surface area contributed by atoms with E-state index in [4.69, 9.17) is 4.74 Å². The fraction of sp³-hybridized carbons (Fsp3) is 0.294. The molecule has 3 N–H and O–H groups in total. The van der Waals surface area contributed by atoms with Crippen LogP contribution in [-0.4, -0.2) is 37.0 Å². The number of aryl methyl sites for hydroxylation is 2. The van der Waals surface area contributed by atoms with Crippen molar-refractivity contribution in [2.24, 2.45) is 12.1 Å². The number of H-pyrrole nitrogens is 1. The molecular weight excluding hydrogens is 352 g/mol. The number of aromatic nitrogens is 4. The number of benzene rings is 1. The molecule has 3 rings (SSSR count). The number of nitrogens with zero attached hydrogens (tertiary/aromatic N) is 4. The Labute approximate surface area is 153 Å². The minimum Gasteiger partial charge on any atom is -0.504 e. The van der Waals surface area contributed by atoms with E-state index < -0.39 is 11.2 Å². The van der Waals surface area contributed by atoms with Crippen LogP contribution in [0.3, 0.4) is 0 Å². The van der Waals surface area contributed by atoms with E-state index in [1.807, 2.05) is 13.8 Å². The molecule has 1 aromatic carbocycles. The molecular formula is C17H20N6O4. The number of aromatic hydroxyl groups is 1. The highest BCUT2D eigenvalue weighted by Gasteiger charge is 2.15. The van der Waals surface area contributed by atoms with Gasteiger partial charge in [-0.15, -0.1) is 0 Å². The van der Waals surface area contributed by atoms with Crippen molar-refractivity contribution in [3.8, 4) is 11.5 Å². The number of nitrogens with one attached hydrogen (secondary N) is 2. The Morgan fingerprint density at radius 1 is 1.37 bits per heavy atom. The van der Waals surface area contributed by atoms with E-state index in [0.717, 1.165) is 0 Å². The molecule has 0 bridgehead atoms. The molecule has 10 heteroatoms. The lowest BCUT2D eigenvalue weighted by Gasteiger charge is -2.06. The van der Waals surface area contributed by atoms with Crippen molar-refractivity contribution in [3.05, 3.63) is 44.6 Å². The number of imidazole rings is 1. The summed E-state index contributed by atoms with van der Waals surface area (Å²) in [5.41, 5.74) is 3.02. The molecule has 0 aliphatic rings. The highest BCUT2D eigenvalue weighted by atomic mass is 16.5. The second kappa shape index (κ2) is 7.36. The van der Waals surface area contributed by atoms with E-state index in [0.29, 0.717) is 35.9 Å². The zero-order chi connectivity index (χ0) is 19.6. The summed E-state index contributed by atoms with van der Waals surface area (Å²) >= 11 is 0. The van der Waals surface area contributed by atoms with E-state index in [1.54, 1.807) is 16.7 Å². The fourth-order valence-electron chi connectivity index (χ4n) is 2.67. The maximum Gasteiger partial charge on any atom is 0.329 e. The Morgan fingerprint density at radius 2 is 2.15 bits per heavy atom. The molecule has 0 saturated heterocycles. The average molecular weight is 372 g/mol. The molecule has 2 heterocycles. The standard InChI is InChI=1S/C17H20N6O4/c1-4-23-13-14(22(3)17(26)20-15(13)25)19-16(23)21-18-9-10-6-7-11(24)12(8-10)27-5-2/h6-9,24H,4-5H2,1-3H3,(H,19,21)(H,20,25,26)/b18-9-. The average Bonchev–Trinajstić information content (AvgIpc) is 3.02. The van der Waals surface area contributed by atoms with Gasteiger partial charge in [-0.25, -0.2) is 10.2 Å². The summed E-state index contributed by atoms with van der Waals surface area (Å²) < 4.78 is 8.24. The van der Waals surface area contributed by atoms with E-state index in [2.05, 4.69) is 20.5 Å². The molecule has 10 nitrogen and oxygen atoms in total. The van der Waals surface area contributed by atoms with Crippen LogP contribution in [-0.2, 0) is 13.6 Å². The topological polar surface area (TPSA) is 127 Å². The van der Waals surface area contributed by atoms with Gasteiger partial charge in [0.05, 0.1) is 12.8 Å². The number of aromatic amines is 1. The third-order valence-electron chi connectivity index (χ3n) is 3.99. The first-order valence-corrected chi connectivity index (χ1v) is 8.40. The number of hydrazone groups is 1. The van der Waals surface area contributed by atoms with Gasteiger partial charge in [-0.3, -0.25) is 14.3 Å². The highest BCUT2D eigenvalue weighted by molar-refractivity contribution is 5.81. The fourth-order valence-corrected chi connectivity index (χ4v) is 2.67. The molecule has 2 aromatic heterocycles. The first-order valence-electron chi connectivity index (χ1n) is 8.40. The molecule has 0 amide bonds. The van der Waals surface area contributed by atoms with Gasteiger partial charge in [0, 0.05) is 13.6 Å². The number of hydrogen-bond acceptors (Lipinski definition) is 7. The number of rotatable bonds is 6. The Hall–Kier alpha value is -3.56. The SMILES string of the molecule is CCOc1cc(/C=N\Nc2nc3c(c(=O)[nH]c(=O)n3C)n2CC)ccc1O. The maximum atomic E-state index is 12.1. The van der Waals surface area contributed by atoms with Gasteiger partial charge >= 0.3 is 5.69 Å². The molecule has 27 heavy (non-hydrogen) atoms. The van der Waals surface area contributed by atoms with Crippen LogP contribution in [0.4, 0.5) is 5.95 Å². The van der Waals surface area contributed by atoms with Crippen molar-refractivity contribution < 1.29 is 9.84 Å². The van der Waals surface area contributed by atoms with E-state index >= 15 is 0 Å². The first-order chi connectivity index (χ1) is 13.0. The first kappa shape index (κ1) is 18.2. The summed E-state index contributed by atoms with van der Waals surface area (Å²) in [6.07, 6.45) is 1.53. The second-order valence-corrected chi connectivity index (χ2v) is 5.70. The normalized spacial score (nSPS) is 11.4. The number of hydrogen-bond donors (Lipinski definition) is 3. The second-order valence-electron chi connectivity index (χ2n) is 5.70. The zero-order valence-corrected chi connectivity index (χ0v) is 15.2. The van der Waals surface area contributed by atoms with Gasteiger partial charge in [-0.2, -0.15) is 10.1 Å². The minimum atomic E-state index is -0.532. The lowest BCUT2D eigenvalue weighted by Crippen LogP contribution is -2.29. The molecule has 0 aliphatic carbocycles. The van der Waals surface area contributed by atoms with Crippen molar-refractivity contribution in [1.82, 2.24) is 19.1 Å². The molecule has 0 saturated carbocycles. The largest absolute Gasteiger partial charge is 0.504 e. The summed E-state index contributed by atoms with van der Waals surface area (Å²) in [7, 11) is 1.53. The molecule has 0 aliphatic heterocycles. The van der Waals surface area contributed by atoms with Crippen LogP contribution in [0, 0.1) is 0 Å². The van der Waals surface area contributed by atoms with Gasteiger partial charge in [-0.1, -0.05) is 0 Å². The zero-order valence-electron chi connectivity index (χ0n) is 15.2. The number of fused-ring (bicyclic) bond motifs is 1. The molecule has 142 valence electrons. The number of anilines is 1. The third-order valence-corrected chi connectivity index (χ3v) is 3.99. The number of ether oxygens (including phenoxy) is 1. The van der Waals surface area contributed by atoms with Gasteiger partial charge in [0.2, 0.25) is 5.95 Å². The van der Waals surface area contributed by atoms with Gasteiger partial charge in [0.25, 0.3) is 5.56 Å². The Bertz CT molecular complexity index is 1120. The quantitative estimate of drug-likeness (QED) is 0.438. The summed E-state index contributed by atoms with van der Waals surface area (Å²) in [5.74, 6) is 0.748. The lowest BCUT2D eigenvalue weighted by atomic mass is 10.2. The van der Waals surface area contributed by atoms with Crippen molar-refractivity contribution >= 4 is 23.3 Å². The molecule has 0 spiro atoms. The van der Waals surface area contributed by atoms with Crippen LogP contribution in [0.1, 0.15) is 19.4 Å². The summed E-state index contributed by atoms with van der Waals surface area (Å²) in [6.45, 7) is 4.57. The van der Waals surface area contributed by atoms with Crippen molar-refractivity contribution in [2.75, 3.05) is 12.0 Å². The van der Waals surface area contributed by atoms with E-state index in [1.165, 1.54) is 23.9 Å². The van der Waals surface area contributed by atoms with Gasteiger partial charge in [0.15, 0.2) is 22.7 Å². The number of phenols is 1. The van der Waals surface area contributed by atoms with Crippen LogP contribution < -0.4 is 21.4 Å². The third kappa shape index (κ3) is 3.41. The van der Waals surface area contributed by atoms with Crippen LogP contribution in [0.2, 0.25) is 0 Å². The predicted octanol–water partition coefficient (Wildman–Crippen LogP) is 0.993. The van der Waals surface area contributed by atoms with E-state index in [-0.39, 0.29) is 11.4 Å². The molecule has 0 fully saturated rings. The highest BCUT2D eigenvalue weighted by Crippen LogP contribution is 2.26. The van der Waals surface area contributed by atoms with Gasteiger partial charge in [-0.05, 0) is 37.6 Å².